The molecule has 2 heterocycles. The second kappa shape index (κ2) is 12.5. The lowest BCUT2D eigenvalue weighted by Crippen LogP contribution is -2.41. The number of hydrogen-bond donors (Lipinski definition) is 2. The first kappa shape index (κ1) is 30.2. The molecule has 1 saturated heterocycles. The monoisotopic (exact) mass is 600 g/mol. The molecule has 3 aromatic rings. The molecule has 2 aliphatic rings. The summed E-state index contributed by atoms with van der Waals surface area (Å²) in [4.78, 5) is 19.0. The molecule has 224 valence electrons. The Morgan fingerprint density at radius 2 is 1.67 bits per heavy atom. The van der Waals surface area contributed by atoms with Crippen LogP contribution in [0.1, 0.15) is 56.3 Å². The van der Waals surface area contributed by atoms with Crippen LogP contribution in [0.4, 0.5) is 13.2 Å². The van der Waals surface area contributed by atoms with Crippen molar-refractivity contribution in [2.24, 2.45) is 5.92 Å². The molecule has 42 heavy (non-hydrogen) atoms. The summed E-state index contributed by atoms with van der Waals surface area (Å²) in [6.45, 7) is 2.30. The van der Waals surface area contributed by atoms with Crippen LogP contribution in [0.5, 0.6) is 0 Å². The van der Waals surface area contributed by atoms with E-state index in [9.17, 15) is 26.4 Å². The standard InChI is InChI=1S/C31H35F3N4O3S/c1-21(22-2-9-26(32)10-3-22)36-30(39)24-4-11-27(12-5-24)37-42(40,41)29-14-7-23(8-15-29)25-6-13-28(35-18-25)19-38-17-16-31(33,34)20-38/h2-3,6-10,13-15,18,21,24,27,37H,4-5,11-12,16-17,19-20H2,1H3,(H,36,39)/t21-,24-,27-/m1/s1. The van der Waals surface area contributed by atoms with Gasteiger partial charge in [0.15, 0.2) is 0 Å². The molecular formula is C31H35F3N4O3S. The van der Waals surface area contributed by atoms with Crippen molar-refractivity contribution in [1.29, 1.82) is 0 Å². The predicted molar refractivity (Wildman–Crippen MR) is 154 cm³/mol. The highest BCUT2D eigenvalue weighted by molar-refractivity contribution is 7.89. The Morgan fingerprint density at radius 1 is 1.00 bits per heavy atom. The second-order valence-corrected chi connectivity index (χ2v) is 13.0. The van der Waals surface area contributed by atoms with Crippen LogP contribution in [0.3, 0.4) is 0 Å². The average molecular weight is 601 g/mol. The predicted octanol–water partition coefficient (Wildman–Crippen LogP) is 5.44. The van der Waals surface area contributed by atoms with Gasteiger partial charge >= 0.3 is 0 Å². The summed E-state index contributed by atoms with van der Waals surface area (Å²) in [6, 6.07) is 15.7. The van der Waals surface area contributed by atoms with Crippen LogP contribution < -0.4 is 10.0 Å². The largest absolute Gasteiger partial charge is 0.349 e. The highest BCUT2D eigenvalue weighted by Gasteiger charge is 2.38. The fourth-order valence-corrected chi connectivity index (χ4v) is 6.92. The Hall–Kier alpha value is -3.28. The minimum Gasteiger partial charge on any atom is -0.349 e. The van der Waals surface area contributed by atoms with Crippen molar-refractivity contribution >= 4 is 15.9 Å². The molecule has 2 fully saturated rings. The maximum atomic E-state index is 13.4. The first-order valence-corrected chi connectivity index (χ1v) is 15.7. The molecular weight excluding hydrogens is 565 g/mol. The number of benzene rings is 2. The summed E-state index contributed by atoms with van der Waals surface area (Å²) in [6.07, 6.45) is 3.77. The number of likely N-dealkylation sites (tertiary alicyclic amines) is 1. The Morgan fingerprint density at radius 3 is 2.26 bits per heavy atom. The number of aromatic nitrogens is 1. The maximum Gasteiger partial charge on any atom is 0.261 e. The third-order valence-corrected chi connectivity index (χ3v) is 9.64. The SMILES string of the molecule is C[C@@H](NC(=O)[C@H]1CC[C@H](NS(=O)(=O)c2ccc(-c3ccc(CN4CCC(F)(F)C4)nc3)cc2)CC1)c1ccc(F)cc1. The Labute approximate surface area is 244 Å². The summed E-state index contributed by atoms with van der Waals surface area (Å²) in [5.74, 6) is -3.25. The normalized spacial score (nSPS) is 21.6. The van der Waals surface area contributed by atoms with Crippen LogP contribution in [-0.4, -0.2) is 49.3 Å². The molecule has 2 aromatic carbocycles. The van der Waals surface area contributed by atoms with E-state index in [0.29, 0.717) is 44.5 Å². The summed E-state index contributed by atoms with van der Waals surface area (Å²) >= 11 is 0. The molecule has 5 rings (SSSR count). The molecule has 1 aliphatic carbocycles. The van der Waals surface area contributed by atoms with Gasteiger partial charge in [-0.25, -0.2) is 26.3 Å². The first-order valence-electron chi connectivity index (χ1n) is 14.2. The molecule has 0 spiro atoms. The van der Waals surface area contributed by atoms with E-state index in [4.69, 9.17) is 0 Å². The number of alkyl halides is 2. The van der Waals surface area contributed by atoms with Gasteiger partial charge in [0.1, 0.15) is 5.82 Å². The number of nitrogens with one attached hydrogen (secondary N) is 2. The molecule has 0 unspecified atom stereocenters. The number of hydrogen-bond acceptors (Lipinski definition) is 5. The van der Waals surface area contributed by atoms with Gasteiger partial charge in [-0.3, -0.25) is 14.7 Å². The van der Waals surface area contributed by atoms with Gasteiger partial charge in [-0.05, 0) is 74.1 Å². The van der Waals surface area contributed by atoms with Crippen molar-refractivity contribution in [2.75, 3.05) is 13.1 Å². The fraction of sp³-hybridized carbons (Fsp3) is 0.419. The van der Waals surface area contributed by atoms with Crippen molar-refractivity contribution in [3.63, 3.8) is 0 Å². The smallest absolute Gasteiger partial charge is 0.261 e. The highest BCUT2D eigenvalue weighted by Crippen LogP contribution is 2.29. The van der Waals surface area contributed by atoms with Crippen molar-refractivity contribution < 1.29 is 26.4 Å². The van der Waals surface area contributed by atoms with Crippen LogP contribution in [0.15, 0.2) is 71.8 Å². The Bertz CT molecular complexity index is 1480. The number of pyridine rings is 1. The molecule has 0 bridgehead atoms. The van der Waals surface area contributed by atoms with E-state index >= 15 is 0 Å². The average Bonchev–Trinajstić information content (AvgIpc) is 3.31. The molecule has 1 atom stereocenters. The molecule has 2 N–H and O–H groups in total. The van der Waals surface area contributed by atoms with Gasteiger partial charge in [-0.15, -0.1) is 0 Å². The van der Waals surface area contributed by atoms with Crippen molar-refractivity contribution in [3.8, 4) is 11.1 Å². The van der Waals surface area contributed by atoms with Crippen LogP contribution in [0, 0.1) is 11.7 Å². The minimum atomic E-state index is -3.75. The number of sulfonamides is 1. The number of rotatable bonds is 9. The van der Waals surface area contributed by atoms with Gasteiger partial charge in [0, 0.05) is 43.2 Å². The number of carbonyl (C=O) groups is 1. The van der Waals surface area contributed by atoms with Gasteiger partial charge in [0.25, 0.3) is 5.92 Å². The topological polar surface area (TPSA) is 91.4 Å². The van der Waals surface area contributed by atoms with Gasteiger partial charge < -0.3 is 5.32 Å². The van der Waals surface area contributed by atoms with E-state index in [0.717, 1.165) is 16.7 Å². The van der Waals surface area contributed by atoms with Crippen molar-refractivity contribution in [2.45, 2.75) is 68.5 Å². The molecule has 11 heteroatoms. The van der Waals surface area contributed by atoms with E-state index in [1.807, 2.05) is 13.0 Å². The van der Waals surface area contributed by atoms with Gasteiger partial charge in [0.2, 0.25) is 15.9 Å². The number of halogens is 3. The quantitative estimate of drug-likeness (QED) is 0.341. The van der Waals surface area contributed by atoms with Crippen LogP contribution in [-0.2, 0) is 21.4 Å². The fourth-order valence-electron chi connectivity index (χ4n) is 5.61. The highest BCUT2D eigenvalue weighted by atomic mass is 32.2. The Balaban J connectivity index is 1.11. The van der Waals surface area contributed by atoms with E-state index < -0.39 is 15.9 Å². The maximum absolute atomic E-state index is 13.4. The molecule has 7 nitrogen and oxygen atoms in total. The zero-order valence-corrected chi connectivity index (χ0v) is 24.2. The Kier molecular flexibility index (Phi) is 9.00. The summed E-state index contributed by atoms with van der Waals surface area (Å²) in [5, 5.41) is 2.98. The van der Waals surface area contributed by atoms with Crippen LogP contribution >= 0.6 is 0 Å². The minimum absolute atomic E-state index is 0.0798. The van der Waals surface area contributed by atoms with Gasteiger partial charge in [-0.2, -0.15) is 0 Å². The lowest BCUT2D eigenvalue weighted by atomic mass is 9.85. The van der Waals surface area contributed by atoms with Crippen LogP contribution in [0.2, 0.25) is 0 Å². The number of carbonyl (C=O) groups excluding carboxylic acids is 1. The second-order valence-electron chi connectivity index (χ2n) is 11.3. The summed E-state index contributed by atoms with van der Waals surface area (Å²) in [7, 11) is -3.75. The van der Waals surface area contributed by atoms with E-state index in [1.165, 1.54) is 12.1 Å². The summed E-state index contributed by atoms with van der Waals surface area (Å²) < 4.78 is 69.0. The van der Waals surface area contributed by atoms with Crippen molar-refractivity contribution in [3.05, 3.63) is 83.9 Å². The molecule has 1 aliphatic heterocycles. The van der Waals surface area contributed by atoms with E-state index in [1.54, 1.807) is 53.6 Å². The molecule has 1 amide bonds. The zero-order chi connectivity index (χ0) is 29.9. The van der Waals surface area contributed by atoms with E-state index in [2.05, 4.69) is 15.0 Å². The van der Waals surface area contributed by atoms with Crippen molar-refractivity contribution in [1.82, 2.24) is 19.9 Å². The van der Waals surface area contributed by atoms with E-state index in [-0.39, 0.29) is 47.6 Å². The number of amides is 1. The third-order valence-electron chi connectivity index (χ3n) is 8.11. The lowest BCUT2D eigenvalue weighted by molar-refractivity contribution is -0.126. The summed E-state index contributed by atoms with van der Waals surface area (Å²) in [5.41, 5.74) is 3.11. The first-order chi connectivity index (χ1) is 20.0. The van der Waals surface area contributed by atoms with Crippen LogP contribution in [0.25, 0.3) is 11.1 Å². The lowest BCUT2D eigenvalue weighted by Gasteiger charge is -2.29. The zero-order valence-electron chi connectivity index (χ0n) is 23.4. The van der Waals surface area contributed by atoms with Gasteiger partial charge in [-0.1, -0.05) is 30.3 Å². The number of nitrogens with zero attached hydrogens (tertiary/aromatic N) is 2. The molecule has 1 saturated carbocycles. The van der Waals surface area contributed by atoms with Gasteiger partial charge in [0.05, 0.1) is 23.2 Å². The molecule has 1 aromatic heterocycles. The molecule has 0 radical (unpaired) electrons. The third kappa shape index (κ3) is 7.56.